The van der Waals surface area contributed by atoms with Crippen LogP contribution in [0.5, 0.6) is 0 Å². The third kappa shape index (κ3) is 1.52. The van der Waals surface area contributed by atoms with E-state index in [4.69, 9.17) is 0 Å². The number of anilines is 1. The summed E-state index contributed by atoms with van der Waals surface area (Å²) in [5.74, 6) is 0. The lowest BCUT2D eigenvalue weighted by atomic mass is 9.86. The zero-order valence-corrected chi connectivity index (χ0v) is 9.59. The van der Waals surface area contributed by atoms with Crippen molar-refractivity contribution >= 4 is 5.69 Å². The van der Waals surface area contributed by atoms with E-state index >= 15 is 0 Å². The smallest absolute Gasteiger partial charge is 0.0397 e. The third-order valence-electron chi connectivity index (χ3n) is 3.07. The van der Waals surface area contributed by atoms with E-state index in [-0.39, 0.29) is 5.41 Å². The van der Waals surface area contributed by atoms with Crippen LogP contribution in [-0.4, -0.2) is 13.6 Å². The Morgan fingerprint density at radius 2 is 1.93 bits per heavy atom. The average molecular weight is 189 g/mol. The minimum absolute atomic E-state index is 0.274. The Bertz CT molecular complexity index is 347. The largest absolute Gasteiger partial charge is 0.374 e. The molecule has 1 heterocycles. The van der Waals surface area contributed by atoms with E-state index < -0.39 is 0 Å². The van der Waals surface area contributed by atoms with Crippen LogP contribution in [0.2, 0.25) is 0 Å². The van der Waals surface area contributed by atoms with Gasteiger partial charge < -0.3 is 4.90 Å². The molecule has 1 aliphatic rings. The van der Waals surface area contributed by atoms with Crippen molar-refractivity contribution in [3.63, 3.8) is 0 Å². The molecule has 0 aromatic heterocycles. The molecule has 0 bridgehead atoms. The Labute approximate surface area is 86.7 Å². The Hall–Kier alpha value is -0.980. The summed E-state index contributed by atoms with van der Waals surface area (Å²) in [7, 11) is 2.17. The second-order valence-corrected chi connectivity index (χ2v) is 5.27. The van der Waals surface area contributed by atoms with Crippen LogP contribution in [0, 0.1) is 0 Å². The van der Waals surface area contributed by atoms with E-state index in [1.807, 2.05) is 0 Å². The molecule has 0 spiro atoms. The van der Waals surface area contributed by atoms with Gasteiger partial charge in [-0.2, -0.15) is 0 Å². The first-order valence-electron chi connectivity index (χ1n) is 5.33. The topological polar surface area (TPSA) is 3.24 Å². The molecule has 1 nitrogen and oxygen atoms in total. The van der Waals surface area contributed by atoms with Crippen molar-refractivity contribution in [2.45, 2.75) is 32.6 Å². The van der Waals surface area contributed by atoms with Gasteiger partial charge in [-0.25, -0.2) is 0 Å². The SMILES string of the molecule is CN1CCc2cc(C(C)(C)C)ccc21. The summed E-state index contributed by atoms with van der Waals surface area (Å²) in [5, 5.41) is 0. The minimum Gasteiger partial charge on any atom is -0.374 e. The number of rotatable bonds is 0. The maximum absolute atomic E-state index is 2.37. The molecular formula is C13H19N. The van der Waals surface area contributed by atoms with Gasteiger partial charge in [-0.3, -0.25) is 0 Å². The van der Waals surface area contributed by atoms with Gasteiger partial charge in [0, 0.05) is 19.3 Å². The van der Waals surface area contributed by atoms with Crippen LogP contribution < -0.4 is 4.90 Å². The van der Waals surface area contributed by atoms with Crippen molar-refractivity contribution in [3.8, 4) is 0 Å². The first-order valence-corrected chi connectivity index (χ1v) is 5.33. The standard InChI is InChI=1S/C13H19N/c1-13(2,3)11-5-6-12-10(9-11)7-8-14(12)4/h5-6,9H,7-8H2,1-4H3. The van der Waals surface area contributed by atoms with Crippen LogP contribution in [0.15, 0.2) is 18.2 Å². The first kappa shape index (κ1) is 9.57. The summed E-state index contributed by atoms with van der Waals surface area (Å²) in [6.45, 7) is 7.98. The molecule has 0 saturated carbocycles. The molecule has 1 heteroatoms. The van der Waals surface area contributed by atoms with E-state index in [1.165, 1.54) is 29.8 Å². The number of hydrogen-bond acceptors (Lipinski definition) is 1. The fraction of sp³-hybridized carbons (Fsp3) is 0.538. The lowest BCUT2D eigenvalue weighted by molar-refractivity contribution is 0.590. The lowest BCUT2D eigenvalue weighted by Gasteiger charge is -2.20. The summed E-state index contributed by atoms with van der Waals surface area (Å²) in [6.07, 6.45) is 1.20. The third-order valence-corrected chi connectivity index (χ3v) is 3.07. The predicted octanol–water partition coefficient (Wildman–Crippen LogP) is 2.98. The normalized spacial score (nSPS) is 15.9. The molecule has 76 valence electrons. The molecule has 0 saturated heterocycles. The Kier molecular flexibility index (Phi) is 2.06. The van der Waals surface area contributed by atoms with Gasteiger partial charge in [-0.15, -0.1) is 0 Å². The molecule has 14 heavy (non-hydrogen) atoms. The van der Waals surface area contributed by atoms with Gasteiger partial charge in [-0.1, -0.05) is 32.9 Å². The summed E-state index contributed by atoms with van der Waals surface area (Å²) in [5.41, 5.74) is 4.65. The molecule has 2 rings (SSSR count). The zero-order valence-electron chi connectivity index (χ0n) is 9.59. The van der Waals surface area contributed by atoms with Crippen molar-refractivity contribution in [2.24, 2.45) is 0 Å². The second-order valence-electron chi connectivity index (χ2n) is 5.27. The van der Waals surface area contributed by atoms with E-state index in [0.717, 1.165) is 0 Å². The van der Waals surface area contributed by atoms with Crippen LogP contribution >= 0.6 is 0 Å². The molecule has 0 amide bonds. The summed E-state index contributed by atoms with van der Waals surface area (Å²) < 4.78 is 0. The highest BCUT2D eigenvalue weighted by molar-refractivity contribution is 5.59. The molecule has 0 atom stereocenters. The van der Waals surface area contributed by atoms with Gasteiger partial charge in [-0.05, 0) is 29.0 Å². The van der Waals surface area contributed by atoms with E-state index in [2.05, 4.69) is 50.9 Å². The number of likely N-dealkylation sites (N-methyl/N-ethyl adjacent to an activating group) is 1. The number of benzene rings is 1. The van der Waals surface area contributed by atoms with Crippen LogP contribution in [0.3, 0.4) is 0 Å². The minimum atomic E-state index is 0.274. The van der Waals surface area contributed by atoms with Crippen LogP contribution in [0.25, 0.3) is 0 Å². The van der Waals surface area contributed by atoms with Gasteiger partial charge in [0.15, 0.2) is 0 Å². The molecule has 0 unspecified atom stereocenters. The molecular weight excluding hydrogens is 170 g/mol. The van der Waals surface area contributed by atoms with E-state index in [1.54, 1.807) is 0 Å². The fourth-order valence-corrected chi connectivity index (χ4v) is 2.03. The monoisotopic (exact) mass is 189 g/mol. The maximum atomic E-state index is 2.37. The number of nitrogens with zero attached hydrogens (tertiary/aromatic N) is 1. The predicted molar refractivity (Wildman–Crippen MR) is 62.1 cm³/mol. The first-order chi connectivity index (χ1) is 6.48. The highest BCUT2D eigenvalue weighted by Crippen LogP contribution is 2.31. The van der Waals surface area contributed by atoms with Crippen LogP contribution in [0.4, 0.5) is 5.69 Å². The van der Waals surface area contributed by atoms with Crippen LogP contribution in [0.1, 0.15) is 31.9 Å². The summed E-state index contributed by atoms with van der Waals surface area (Å²) in [4.78, 5) is 2.34. The number of hydrogen-bond donors (Lipinski definition) is 0. The zero-order chi connectivity index (χ0) is 10.3. The fourth-order valence-electron chi connectivity index (χ4n) is 2.03. The lowest BCUT2D eigenvalue weighted by Crippen LogP contribution is -2.13. The molecule has 0 N–H and O–H groups in total. The Morgan fingerprint density at radius 3 is 2.57 bits per heavy atom. The van der Waals surface area contributed by atoms with Gasteiger partial charge in [0.05, 0.1) is 0 Å². The Balaban J connectivity index is 2.42. The van der Waals surface area contributed by atoms with Crippen molar-refractivity contribution in [1.29, 1.82) is 0 Å². The van der Waals surface area contributed by atoms with E-state index in [9.17, 15) is 0 Å². The second kappa shape index (κ2) is 3.01. The van der Waals surface area contributed by atoms with Gasteiger partial charge in [0.25, 0.3) is 0 Å². The molecule has 0 aliphatic carbocycles. The molecule has 1 aliphatic heterocycles. The summed E-state index contributed by atoms with van der Waals surface area (Å²) in [6, 6.07) is 6.91. The highest BCUT2D eigenvalue weighted by Gasteiger charge is 2.19. The molecule has 0 radical (unpaired) electrons. The van der Waals surface area contributed by atoms with Crippen molar-refractivity contribution < 1.29 is 0 Å². The molecule has 1 aromatic carbocycles. The van der Waals surface area contributed by atoms with E-state index in [0.29, 0.717) is 0 Å². The van der Waals surface area contributed by atoms with Gasteiger partial charge >= 0.3 is 0 Å². The quantitative estimate of drug-likeness (QED) is 0.606. The number of fused-ring (bicyclic) bond motifs is 1. The van der Waals surface area contributed by atoms with Crippen molar-refractivity contribution in [1.82, 2.24) is 0 Å². The Morgan fingerprint density at radius 1 is 1.21 bits per heavy atom. The average Bonchev–Trinajstić information content (AvgIpc) is 2.46. The van der Waals surface area contributed by atoms with Gasteiger partial charge in [0.2, 0.25) is 0 Å². The summed E-state index contributed by atoms with van der Waals surface area (Å²) >= 11 is 0. The van der Waals surface area contributed by atoms with Crippen LogP contribution in [-0.2, 0) is 11.8 Å². The molecule has 1 aromatic rings. The van der Waals surface area contributed by atoms with Crippen molar-refractivity contribution in [3.05, 3.63) is 29.3 Å². The maximum Gasteiger partial charge on any atom is 0.0397 e. The van der Waals surface area contributed by atoms with Gasteiger partial charge in [0.1, 0.15) is 0 Å². The highest BCUT2D eigenvalue weighted by atomic mass is 15.1. The molecule has 0 fully saturated rings. The van der Waals surface area contributed by atoms with Crippen molar-refractivity contribution in [2.75, 3.05) is 18.5 Å².